The summed E-state index contributed by atoms with van der Waals surface area (Å²) in [5.74, 6) is -6.93. The third-order valence-electron chi connectivity index (χ3n) is 13.3. The maximum absolute atomic E-state index is 12.7. The lowest BCUT2D eigenvalue weighted by molar-refractivity contribution is -0.309. The third-order valence-corrected chi connectivity index (χ3v) is 13.5. The molecule has 13 N–H and O–H groups in total. The van der Waals surface area contributed by atoms with Crippen molar-refractivity contribution in [3.63, 3.8) is 0 Å². The first-order valence-corrected chi connectivity index (χ1v) is 25.5. The highest BCUT2D eigenvalue weighted by Gasteiger charge is 2.51. The van der Waals surface area contributed by atoms with Crippen LogP contribution in [0.1, 0.15) is 79.1 Å². The molecule has 412 valence electrons. The average molecular weight is 1060 g/mol. The van der Waals surface area contributed by atoms with E-state index in [0.717, 1.165) is 0 Å². The fourth-order valence-electron chi connectivity index (χ4n) is 8.95. The molecule has 3 aliphatic rings. The summed E-state index contributed by atoms with van der Waals surface area (Å²) in [7, 11) is 0. The second kappa shape index (κ2) is 30.9. The fraction of sp³-hybridized carbons (Fsp3) is 0.574. The minimum absolute atomic E-state index is 0.0870. The maximum atomic E-state index is 12.7. The molecule has 3 heterocycles. The first kappa shape index (κ1) is 62.1. The van der Waals surface area contributed by atoms with Crippen LogP contribution in [0, 0.1) is 17.8 Å². The SMILES string of the molecule is C[C@@H]1[C@H](O)[C@@H](C)/C=C/C=C/C=C/C=C/C=C/C=C/C=C/[C@H](O[C@@H]2O[C@@H](C)[C@@H](O)[C@H](NC(=S)Nc3ccccc3)[C@@H]2O)C[C@@H]2O[C@](O)(C[C@@H](O)C[C@@H](O)[C@H](O)CC[C@@H](O)C[C@@H](O)CC(=O)O[C@H]1C)C[C@H](O)[C@H]2C(=O)O. The Hall–Kier alpha value is -4.49. The molecule has 3 aliphatic heterocycles. The minimum atomic E-state index is -2.36. The molecule has 0 aromatic heterocycles. The Morgan fingerprint density at radius 3 is 1.88 bits per heavy atom. The fourth-order valence-corrected chi connectivity index (χ4v) is 9.20. The van der Waals surface area contributed by atoms with Gasteiger partial charge in [-0.05, 0) is 57.5 Å². The van der Waals surface area contributed by atoms with Crippen LogP contribution in [-0.4, -0.2) is 171 Å². The summed E-state index contributed by atoms with van der Waals surface area (Å²) in [5.41, 5.74) is 0.648. The van der Waals surface area contributed by atoms with Gasteiger partial charge in [0, 0.05) is 43.2 Å². The number of hydrogen-bond donors (Lipinski definition) is 13. The number of fused-ring (bicyclic) bond motifs is 2. The lowest BCUT2D eigenvalue weighted by atomic mass is 9.82. The highest BCUT2D eigenvalue weighted by atomic mass is 32.1. The van der Waals surface area contributed by atoms with Gasteiger partial charge in [0.25, 0.3) is 0 Å². The van der Waals surface area contributed by atoms with Gasteiger partial charge >= 0.3 is 11.9 Å². The number of nitrogens with one attached hydrogen (secondary N) is 2. The van der Waals surface area contributed by atoms with Gasteiger partial charge in [0.1, 0.15) is 24.2 Å². The Morgan fingerprint density at radius 2 is 1.27 bits per heavy atom. The summed E-state index contributed by atoms with van der Waals surface area (Å²) in [6.07, 6.45) is 2.92. The molecular formula is C54H78N2O17S. The summed E-state index contributed by atoms with van der Waals surface area (Å²) in [4.78, 5) is 25.4. The van der Waals surface area contributed by atoms with Crippen molar-refractivity contribution >= 4 is 35.0 Å². The van der Waals surface area contributed by atoms with Gasteiger partial charge in [-0.25, -0.2) is 0 Å². The van der Waals surface area contributed by atoms with E-state index in [0.29, 0.717) is 5.69 Å². The number of aliphatic hydroxyl groups excluding tert-OH is 9. The number of carbonyl (C=O) groups is 2. The van der Waals surface area contributed by atoms with Crippen molar-refractivity contribution in [2.24, 2.45) is 17.8 Å². The minimum Gasteiger partial charge on any atom is -0.481 e. The van der Waals surface area contributed by atoms with E-state index >= 15 is 0 Å². The maximum Gasteiger partial charge on any atom is 0.311 e. The molecular weight excluding hydrogens is 981 g/mol. The molecule has 4 rings (SSSR count). The van der Waals surface area contributed by atoms with Gasteiger partial charge < -0.3 is 85.8 Å². The molecule has 19 atom stereocenters. The molecule has 2 bridgehead atoms. The van der Waals surface area contributed by atoms with Crippen molar-refractivity contribution in [2.45, 2.75) is 177 Å². The number of aliphatic hydroxyl groups is 10. The highest BCUT2D eigenvalue weighted by molar-refractivity contribution is 7.80. The van der Waals surface area contributed by atoms with Crippen LogP contribution in [-0.2, 0) is 28.5 Å². The predicted octanol–water partition coefficient (Wildman–Crippen LogP) is 2.74. The number of esters is 1. The number of hydrogen-bond acceptors (Lipinski definition) is 17. The number of allylic oxidation sites excluding steroid dienone is 12. The van der Waals surface area contributed by atoms with Crippen molar-refractivity contribution in [1.82, 2.24) is 5.32 Å². The molecule has 0 aliphatic carbocycles. The van der Waals surface area contributed by atoms with Crippen molar-refractivity contribution in [3.05, 3.63) is 115 Å². The third kappa shape index (κ3) is 20.6. The van der Waals surface area contributed by atoms with E-state index < -0.39 is 147 Å². The monoisotopic (exact) mass is 1060 g/mol. The summed E-state index contributed by atoms with van der Waals surface area (Å²) >= 11 is 5.48. The van der Waals surface area contributed by atoms with Crippen LogP contribution in [0.3, 0.4) is 0 Å². The lowest BCUT2D eigenvalue weighted by Crippen LogP contribution is -2.64. The Kier molecular flexibility index (Phi) is 25.9. The van der Waals surface area contributed by atoms with Gasteiger partial charge in [-0.3, -0.25) is 9.59 Å². The lowest BCUT2D eigenvalue weighted by Gasteiger charge is -2.45. The van der Waals surface area contributed by atoms with Crippen LogP contribution in [0.4, 0.5) is 5.69 Å². The topological polar surface area (TPSA) is 318 Å². The summed E-state index contributed by atoms with van der Waals surface area (Å²) in [6.45, 7) is 6.77. The first-order chi connectivity index (χ1) is 35.1. The largest absolute Gasteiger partial charge is 0.481 e. The molecule has 0 radical (unpaired) electrons. The van der Waals surface area contributed by atoms with Gasteiger partial charge in [-0.15, -0.1) is 0 Å². The van der Waals surface area contributed by atoms with Crippen LogP contribution >= 0.6 is 12.2 Å². The van der Waals surface area contributed by atoms with E-state index in [1.165, 1.54) is 6.08 Å². The molecule has 0 amide bonds. The number of para-hydroxylation sites is 1. The summed E-state index contributed by atoms with van der Waals surface area (Å²) in [5, 5.41) is 127. The van der Waals surface area contributed by atoms with Crippen LogP contribution in [0.15, 0.2) is 115 Å². The number of carbonyl (C=O) groups excluding carboxylic acids is 1. The van der Waals surface area contributed by atoms with Crippen LogP contribution in [0.2, 0.25) is 0 Å². The Balaban J connectivity index is 1.58. The van der Waals surface area contributed by atoms with Gasteiger partial charge in [-0.1, -0.05) is 117 Å². The van der Waals surface area contributed by atoms with Crippen molar-refractivity contribution in [1.29, 1.82) is 0 Å². The molecule has 1 aromatic carbocycles. The van der Waals surface area contributed by atoms with Gasteiger partial charge in [0.2, 0.25) is 0 Å². The van der Waals surface area contributed by atoms with Crippen LogP contribution in [0.5, 0.6) is 0 Å². The van der Waals surface area contributed by atoms with Gasteiger partial charge in [-0.2, -0.15) is 0 Å². The van der Waals surface area contributed by atoms with Crippen molar-refractivity contribution < 1.29 is 84.7 Å². The highest BCUT2D eigenvalue weighted by Crippen LogP contribution is 2.38. The Morgan fingerprint density at radius 1 is 0.676 bits per heavy atom. The molecule has 2 saturated heterocycles. The van der Waals surface area contributed by atoms with Crippen LogP contribution in [0.25, 0.3) is 0 Å². The second-order valence-corrected chi connectivity index (χ2v) is 19.9. The van der Waals surface area contributed by atoms with Gasteiger partial charge in [0.05, 0.1) is 73.5 Å². The number of carboxylic acids is 1. The number of ether oxygens (including phenoxy) is 4. The average Bonchev–Trinajstić information content (AvgIpc) is 3.32. The van der Waals surface area contributed by atoms with E-state index in [2.05, 4.69) is 10.6 Å². The second-order valence-electron chi connectivity index (χ2n) is 19.5. The number of aliphatic carboxylic acids is 1. The zero-order valence-corrected chi connectivity index (χ0v) is 43.1. The number of benzene rings is 1. The summed E-state index contributed by atoms with van der Waals surface area (Å²) < 4.78 is 23.7. The molecule has 74 heavy (non-hydrogen) atoms. The van der Waals surface area contributed by atoms with Crippen LogP contribution < -0.4 is 10.6 Å². The zero-order valence-electron chi connectivity index (χ0n) is 42.3. The first-order valence-electron chi connectivity index (χ1n) is 25.1. The Labute approximate surface area is 438 Å². The van der Waals surface area contributed by atoms with Gasteiger partial charge in [0.15, 0.2) is 17.2 Å². The van der Waals surface area contributed by atoms with E-state index in [1.54, 1.807) is 106 Å². The molecule has 0 unspecified atom stereocenters. The quantitative estimate of drug-likeness (QED) is 0.149. The molecule has 0 spiro atoms. The molecule has 1 aromatic rings. The molecule has 20 heteroatoms. The predicted molar refractivity (Wildman–Crippen MR) is 279 cm³/mol. The number of carboxylic acid groups (broad SMARTS) is 1. The molecule has 19 nitrogen and oxygen atoms in total. The van der Waals surface area contributed by atoms with E-state index in [1.807, 2.05) is 31.2 Å². The summed E-state index contributed by atoms with van der Waals surface area (Å²) in [6, 6.07) is 7.84. The smallest absolute Gasteiger partial charge is 0.311 e. The Bertz CT molecular complexity index is 2100. The number of cyclic esters (lactones) is 1. The standard InChI is InChI=1S/C54H78N2O17S/c1-32-20-16-13-11-9-7-5-6-8-10-12-14-19-23-40(72-52-50(66)47(49(65)35(4)71-52)56-53(74)55-36-21-17-15-18-22-36)29-44-46(51(67)68)43(62)31-54(69,73-44)30-39(59)27-42(61)41(60)25-24-37(57)26-38(58)28-45(63)70-34(3)33(2)48(32)64/h5-23,32-35,37-44,46-50,52,57-62,64-66,69H,24-31H2,1-4H3,(H,67,68)(H2,55,56,74)/b6-5+,9-7+,10-8+,13-11+,14-12+,20-16+,23-19+/t32-,33-,34-,35-,37+,38+,39-,40-,41+,42+,43-,44-,46+,47-,48+,49+,50-,52-,54+/m0/s1. The van der Waals surface area contributed by atoms with Crippen molar-refractivity contribution in [3.8, 4) is 0 Å². The number of anilines is 1. The normalized spacial score (nSPS) is 41.2. The molecule has 2 fully saturated rings. The van der Waals surface area contributed by atoms with E-state index in [4.69, 9.17) is 31.2 Å². The van der Waals surface area contributed by atoms with Crippen molar-refractivity contribution in [2.75, 3.05) is 5.32 Å². The molecule has 0 saturated carbocycles. The van der Waals surface area contributed by atoms with E-state index in [-0.39, 0.29) is 36.7 Å². The number of thiocarbonyl (C=S) groups is 1. The zero-order chi connectivity index (χ0) is 54.5. The van der Waals surface area contributed by atoms with E-state index in [9.17, 15) is 65.8 Å². The number of rotatable bonds is 5.